The summed E-state index contributed by atoms with van der Waals surface area (Å²) >= 11 is 7.06. The van der Waals surface area contributed by atoms with Crippen LogP contribution in [0.3, 0.4) is 0 Å². The molecule has 3 nitrogen and oxygen atoms in total. The second-order valence-corrected chi connectivity index (χ2v) is 5.75. The number of nitrogens with zero attached hydrogens (tertiary/aromatic N) is 1. The fourth-order valence-corrected chi connectivity index (χ4v) is 2.60. The lowest BCUT2D eigenvalue weighted by molar-refractivity contribution is 0.0760. The van der Waals surface area contributed by atoms with Gasteiger partial charge < -0.3 is 4.74 Å². The lowest BCUT2D eigenvalue weighted by Crippen LogP contribution is -2.08. The van der Waals surface area contributed by atoms with Gasteiger partial charge in [-0.2, -0.15) is 0 Å². The van der Waals surface area contributed by atoms with Crippen LogP contribution in [0.1, 0.15) is 21.7 Å². The van der Waals surface area contributed by atoms with Crippen LogP contribution in [0, 0.1) is 0 Å². The van der Waals surface area contributed by atoms with Gasteiger partial charge in [-0.1, -0.05) is 11.6 Å². The molecule has 0 saturated heterocycles. The van der Waals surface area contributed by atoms with Crippen LogP contribution in [0.4, 0.5) is 0 Å². The van der Waals surface area contributed by atoms with Gasteiger partial charge >= 0.3 is 0 Å². The third kappa shape index (κ3) is 4.74. The Bertz CT molecular complexity index is 527. The Balaban J connectivity index is 1.63. The Hall–Kier alpha value is -1.23. The summed E-state index contributed by atoms with van der Waals surface area (Å²) in [6, 6.07) is 7.43. The van der Waals surface area contributed by atoms with Crippen molar-refractivity contribution in [2.75, 3.05) is 13.2 Å². The van der Waals surface area contributed by atoms with Crippen molar-refractivity contribution < 1.29 is 9.53 Å². The second kappa shape index (κ2) is 7.38. The maximum atomic E-state index is 11.7. The molecule has 0 aliphatic carbocycles. The quantitative estimate of drug-likeness (QED) is 0.578. The predicted molar refractivity (Wildman–Crippen MR) is 77.0 cm³/mol. The van der Waals surface area contributed by atoms with E-state index in [2.05, 4.69) is 4.98 Å². The van der Waals surface area contributed by atoms with Crippen molar-refractivity contribution in [2.24, 2.45) is 0 Å². The zero-order valence-corrected chi connectivity index (χ0v) is 11.9. The average Bonchev–Trinajstić information content (AvgIpc) is 2.86. The number of aromatic nitrogens is 1. The average molecular weight is 296 g/mol. The number of aryl methyl sites for hydroxylation is 1. The van der Waals surface area contributed by atoms with E-state index in [4.69, 9.17) is 16.3 Å². The third-order valence-electron chi connectivity index (χ3n) is 2.58. The number of carbonyl (C=O) groups excluding carboxylic acids is 1. The standard InChI is InChI=1S/C14H14ClNO2S/c15-14-4-3-13(19-14)12(17)10-18-9-1-2-11-5-7-16-8-6-11/h3-8H,1-2,9-10H2. The topological polar surface area (TPSA) is 39.2 Å². The fraction of sp³-hybridized carbons (Fsp3) is 0.286. The molecule has 0 spiro atoms. The normalized spacial score (nSPS) is 10.6. The zero-order valence-electron chi connectivity index (χ0n) is 10.3. The highest BCUT2D eigenvalue weighted by molar-refractivity contribution is 7.18. The molecule has 0 fully saturated rings. The Morgan fingerprint density at radius 1 is 1.26 bits per heavy atom. The molecule has 0 atom stereocenters. The molecule has 0 aromatic carbocycles. The first kappa shape index (κ1) is 14.2. The molecular formula is C14H14ClNO2S. The maximum absolute atomic E-state index is 11.7. The van der Waals surface area contributed by atoms with Gasteiger partial charge in [0.1, 0.15) is 6.61 Å². The number of ether oxygens (including phenoxy) is 1. The summed E-state index contributed by atoms with van der Waals surface area (Å²) in [6.45, 7) is 0.695. The molecule has 0 aliphatic rings. The van der Waals surface area contributed by atoms with E-state index in [1.54, 1.807) is 24.5 Å². The van der Waals surface area contributed by atoms with Crippen molar-refractivity contribution in [1.82, 2.24) is 4.98 Å². The summed E-state index contributed by atoms with van der Waals surface area (Å²) < 4.78 is 6.01. The smallest absolute Gasteiger partial charge is 0.198 e. The SMILES string of the molecule is O=C(COCCCc1ccncc1)c1ccc(Cl)s1. The number of hydrogen-bond donors (Lipinski definition) is 0. The van der Waals surface area contributed by atoms with Gasteiger partial charge in [0.05, 0.1) is 9.21 Å². The highest BCUT2D eigenvalue weighted by atomic mass is 35.5. The third-order valence-corrected chi connectivity index (χ3v) is 3.86. The van der Waals surface area contributed by atoms with E-state index in [9.17, 15) is 4.79 Å². The lowest BCUT2D eigenvalue weighted by Gasteiger charge is -2.03. The first-order valence-electron chi connectivity index (χ1n) is 6.01. The molecule has 0 unspecified atom stereocenters. The molecule has 19 heavy (non-hydrogen) atoms. The number of hydrogen-bond acceptors (Lipinski definition) is 4. The number of Topliss-reactive ketones (excluding diaryl/α,β-unsaturated/α-hetero) is 1. The molecule has 2 heterocycles. The molecule has 2 aromatic heterocycles. The van der Waals surface area contributed by atoms with Gasteiger partial charge in [-0.15, -0.1) is 11.3 Å². The van der Waals surface area contributed by atoms with Gasteiger partial charge in [0.15, 0.2) is 5.78 Å². The van der Waals surface area contributed by atoms with Crippen molar-refractivity contribution in [3.05, 3.63) is 51.4 Å². The predicted octanol–water partition coefficient (Wildman–Crippen LogP) is 3.63. The van der Waals surface area contributed by atoms with Crippen LogP contribution in [0.15, 0.2) is 36.7 Å². The molecule has 0 bridgehead atoms. The highest BCUT2D eigenvalue weighted by Crippen LogP contribution is 2.21. The fourth-order valence-electron chi connectivity index (χ4n) is 1.63. The molecule has 0 aliphatic heterocycles. The van der Waals surface area contributed by atoms with E-state index < -0.39 is 0 Å². The molecule has 2 rings (SSSR count). The Kier molecular flexibility index (Phi) is 5.51. The van der Waals surface area contributed by atoms with E-state index in [-0.39, 0.29) is 12.4 Å². The maximum Gasteiger partial charge on any atom is 0.198 e. The van der Waals surface area contributed by atoms with Gasteiger partial charge in [0, 0.05) is 19.0 Å². The van der Waals surface area contributed by atoms with E-state index >= 15 is 0 Å². The first-order valence-corrected chi connectivity index (χ1v) is 7.20. The van der Waals surface area contributed by atoms with E-state index in [0.717, 1.165) is 12.8 Å². The molecule has 0 amide bonds. The molecule has 0 saturated carbocycles. The van der Waals surface area contributed by atoms with Crippen LogP contribution in [0.25, 0.3) is 0 Å². The Morgan fingerprint density at radius 2 is 2.05 bits per heavy atom. The molecule has 0 radical (unpaired) electrons. The minimum Gasteiger partial charge on any atom is -0.373 e. The Labute approximate surface area is 121 Å². The van der Waals surface area contributed by atoms with E-state index in [1.165, 1.54) is 16.9 Å². The van der Waals surface area contributed by atoms with Crippen molar-refractivity contribution >= 4 is 28.7 Å². The van der Waals surface area contributed by atoms with Gasteiger partial charge in [-0.3, -0.25) is 9.78 Å². The number of halogens is 1. The van der Waals surface area contributed by atoms with Crippen molar-refractivity contribution in [3.63, 3.8) is 0 Å². The van der Waals surface area contributed by atoms with Gasteiger partial charge in [0.2, 0.25) is 0 Å². The van der Waals surface area contributed by atoms with E-state index in [1.807, 2.05) is 12.1 Å². The lowest BCUT2D eigenvalue weighted by atomic mass is 10.1. The largest absolute Gasteiger partial charge is 0.373 e. The van der Waals surface area contributed by atoms with Crippen molar-refractivity contribution in [1.29, 1.82) is 0 Å². The summed E-state index contributed by atoms with van der Waals surface area (Å²) in [4.78, 5) is 16.3. The van der Waals surface area contributed by atoms with Crippen LogP contribution in [0.5, 0.6) is 0 Å². The number of ketones is 1. The highest BCUT2D eigenvalue weighted by Gasteiger charge is 2.08. The Morgan fingerprint density at radius 3 is 2.74 bits per heavy atom. The van der Waals surface area contributed by atoms with Gasteiger partial charge in [-0.05, 0) is 42.7 Å². The molecule has 0 N–H and O–H groups in total. The number of pyridine rings is 1. The van der Waals surface area contributed by atoms with E-state index in [0.29, 0.717) is 15.8 Å². The molecule has 2 aromatic rings. The zero-order chi connectivity index (χ0) is 13.5. The molecule has 100 valence electrons. The minimum atomic E-state index is -0.0131. The van der Waals surface area contributed by atoms with Crippen LogP contribution < -0.4 is 0 Å². The summed E-state index contributed by atoms with van der Waals surface area (Å²) in [6.07, 6.45) is 5.38. The number of thiophene rings is 1. The summed E-state index contributed by atoms with van der Waals surface area (Å²) in [5, 5.41) is 0. The van der Waals surface area contributed by atoms with Crippen LogP contribution in [0.2, 0.25) is 4.34 Å². The van der Waals surface area contributed by atoms with Crippen molar-refractivity contribution in [3.8, 4) is 0 Å². The number of carbonyl (C=O) groups is 1. The number of rotatable bonds is 7. The minimum absolute atomic E-state index is 0.0131. The summed E-state index contributed by atoms with van der Waals surface area (Å²) in [5.74, 6) is -0.0131. The van der Waals surface area contributed by atoms with Crippen LogP contribution in [-0.4, -0.2) is 24.0 Å². The summed E-state index contributed by atoms with van der Waals surface area (Å²) in [7, 11) is 0. The summed E-state index contributed by atoms with van der Waals surface area (Å²) in [5.41, 5.74) is 1.23. The van der Waals surface area contributed by atoms with Crippen LogP contribution in [-0.2, 0) is 11.2 Å². The van der Waals surface area contributed by atoms with Crippen molar-refractivity contribution in [2.45, 2.75) is 12.8 Å². The molecular weight excluding hydrogens is 282 g/mol. The first-order chi connectivity index (χ1) is 9.25. The van der Waals surface area contributed by atoms with Gasteiger partial charge in [0.25, 0.3) is 0 Å². The monoisotopic (exact) mass is 295 g/mol. The second-order valence-electron chi connectivity index (χ2n) is 4.04. The van der Waals surface area contributed by atoms with Gasteiger partial charge in [-0.25, -0.2) is 0 Å². The molecule has 5 heteroatoms. The van der Waals surface area contributed by atoms with Crippen LogP contribution >= 0.6 is 22.9 Å².